The van der Waals surface area contributed by atoms with Crippen molar-refractivity contribution in [1.29, 1.82) is 0 Å². The smallest absolute Gasteiger partial charge is 0.476 e. The fourth-order valence-electron chi connectivity index (χ4n) is 15.0. The van der Waals surface area contributed by atoms with Crippen LogP contribution in [0.3, 0.4) is 0 Å². The van der Waals surface area contributed by atoms with Crippen molar-refractivity contribution < 1.29 is 102 Å². The van der Waals surface area contributed by atoms with E-state index in [4.69, 9.17) is 9.29 Å². The summed E-state index contributed by atoms with van der Waals surface area (Å²) in [7, 11) is -5.18. The number of rotatable bonds is 21. The van der Waals surface area contributed by atoms with E-state index in [2.05, 4.69) is 52.1 Å². The number of anilines is 5. The van der Waals surface area contributed by atoms with Gasteiger partial charge < -0.3 is 34.4 Å². The minimum Gasteiger partial charge on any atom is -0.476 e. The summed E-state index contributed by atoms with van der Waals surface area (Å²) in [5.74, 6) is -0.250. The lowest BCUT2D eigenvalue weighted by atomic mass is 9.76. The molecule has 1 aliphatic carbocycles. The maximum absolute atomic E-state index is 14.2. The van der Waals surface area contributed by atoms with Crippen LogP contribution in [0.15, 0.2) is 265 Å². The first-order chi connectivity index (χ1) is 63.5. The average Bonchev–Trinajstić information content (AvgIpc) is 1.40. The van der Waals surface area contributed by atoms with E-state index in [0.29, 0.717) is 62.0 Å². The van der Waals surface area contributed by atoms with Crippen molar-refractivity contribution in [2.24, 2.45) is 0 Å². The van der Waals surface area contributed by atoms with Crippen LogP contribution in [0, 0.1) is 34.9 Å². The molecule has 1 amide bonds. The number of amides is 1. The molecule has 39 heteroatoms. The van der Waals surface area contributed by atoms with Gasteiger partial charge in [0.2, 0.25) is 20.0 Å². The van der Waals surface area contributed by atoms with E-state index in [1.807, 2.05) is 51.7 Å². The summed E-state index contributed by atoms with van der Waals surface area (Å²) in [6.45, 7) is 11.9. The third-order valence-electron chi connectivity index (χ3n) is 22.3. The molecule has 0 radical (unpaired) electrons. The van der Waals surface area contributed by atoms with Crippen LogP contribution in [-0.2, 0) is 42.5 Å². The highest BCUT2D eigenvalue weighted by atomic mass is 32.2. The number of ether oxygens (including phenoxy) is 1. The van der Waals surface area contributed by atoms with Crippen LogP contribution in [0.1, 0.15) is 75.9 Å². The number of aromatic nitrogens is 6. The van der Waals surface area contributed by atoms with E-state index < -0.39 is 94.5 Å². The molecule has 135 heavy (non-hydrogen) atoms. The van der Waals surface area contributed by atoms with Crippen molar-refractivity contribution in [1.82, 2.24) is 37.3 Å². The number of sulfonamides is 2. The SMILES string of the molecule is CC(C)N(C)c1cc2cc(C(=O)NS(C)(=O)=O)ccc2n1-c1ccc(F)cc1.CC(C)Oc1cc2cc(S(=O)(=O)O)c(F)cc2n1-c1ccc(F)cc1.CN(c1cc2cc(C(F)(F)F)ccc2n1-c1ccc(F)cc1)C1CC1.CN(c1cccnc1)c1cc2cc(B(O)O)c(C(F)(F)F)cc2n1-c1ccc(F)cc1.CNS(=O)(=O)c1ccc2c(c1)cc(N(C)C(C)C)n2-c1ccc(F)cc1. The van der Waals surface area contributed by atoms with Crippen LogP contribution in [0.25, 0.3) is 83.0 Å². The van der Waals surface area contributed by atoms with E-state index in [1.54, 1.807) is 144 Å². The number of hydrogen-bond donors (Lipinski definition) is 5. The quantitative estimate of drug-likeness (QED) is 0.0254. The monoisotopic (exact) mass is 1920 g/mol. The van der Waals surface area contributed by atoms with E-state index >= 15 is 0 Å². The van der Waals surface area contributed by atoms with Crippen molar-refractivity contribution in [3.05, 3.63) is 307 Å². The maximum atomic E-state index is 14.2. The number of pyridine rings is 1. The van der Waals surface area contributed by atoms with Gasteiger partial charge in [-0.3, -0.25) is 37.2 Å². The predicted octanol–water partition coefficient (Wildman–Crippen LogP) is 19.8. The van der Waals surface area contributed by atoms with Crippen LogP contribution in [-0.4, -0.2) is 146 Å². The zero-order valence-electron chi connectivity index (χ0n) is 74.4. The summed E-state index contributed by atoms with van der Waals surface area (Å²) in [6.07, 6.45) is -3.13. The van der Waals surface area contributed by atoms with Gasteiger partial charge in [-0.1, -0.05) is 6.07 Å². The highest BCUT2D eigenvalue weighted by molar-refractivity contribution is 7.89. The van der Waals surface area contributed by atoms with Crippen LogP contribution < -0.4 is 39.2 Å². The molecule has 6 heterocycles. The Labute approximate surface area is 769 Å². The largest absolute Gasteiger partial charge is 0.489 e. The number of alkyl halides is 6. The normalized spacial score (nSPS) is 12.5. The zero-order valence-corrected chi connectivity index (χ0v) is 76.8. The van der Waals surface area contributed by atoms with Crippen LogP contribution in [0.5, 0.6) is 5.88 Å². The molecule has 0 atom stereocenters. The van der Waals surface area contributed by atoms with Gasteiger partial charge in [-0.15, -0.1) is 0 Å². The predicted molar refractivity (Wildman–Crippen MR) is 501 cm³/mol. The van der Waals surface area contributed by atoms with Gasteiger partial charge in [-0.05, 0) is 291 Å². The Kier molecular flexibility index (Phi) is 29.0. The molecule has 1 aliphatic rings. The van der Waals surface area contributed by atoms with E-state index in [-0.39, 0.29) is 51.6 Å². The second-order valence-electron chi connectivity index (χ2n) is 32.6. The fourth-order valence-corrected chi connectivity index (χ4v) is 16.8. The first-order valence-electron chi connectivity index (χ1n) is 41.7. The van der Waals surface area contributed by atoms with Crippen LogP contribution in [0.4, 0.5) is 81.6 Å². The summed E-state index contributed by atoms with van der Waals surface area (Å²) in [5, 5.41) is 21.8. The Hall–Kier alpha value is -13.6. The van der Waals surface area contributed by atoms with Crippen molar-refractivity contribution in [2.75, 3.05) is 61.1 Å². The molecule has 0 spiro atoms. The second-order valence-corrected chi connectivity index (χ2v) is 37.6. The number of nitrogens with zero attached hydrogens (tertiary/aromatic N) is 10. The van der Waals surface area contributed by atoms with Crippen LogP contribution in [0.2, 0.25) is 0 Å². The molecule has 0 bridgehead atoms. The van der Waals surface area contributed by atoms with Crippen molar-refractivity contribution in [2.45, 2.75) is 101 Å². The summed E-state index contributed by atoms with van der Waals surface area (Å²) in [4.78, 5) is 23.6. The first-order valence-corrected chi connectivity index (χ1v) is 46.5. The number of halogens is 12. The molecule has 0 saturated heterocycles. The lowest BCUT2D eigenvalue weighted by Gasteiger charge is -2.25. The standard InChI is InChI=1S/C21H16BF4N3O2.C20H22FN3O3S.C19H16F4N2.C19H22FN3O2S.C17H15F2NO4S/c1-28(16-3-2-8-27-12-16)20-10-13-9-18(22(30)31)17(21(24,25)26)11-19(13)29(20)15-6-4-14(23)5-7-15;1-13(2)23(3)19-12-15-11-14(20(25)22-28(4,26)27)5-10-18(15)24(19)17-8-6-16(21)7-9-17;1-24(15-7-8-15)18-11-12-10-13(19(21,22)23)2-9-17(12)25(18)16-5-3-14(20)4-6-16;1-13(2)22(4)19-12-14-11-17(26(24,25)21-3)9-10-18(14)23(19)16-7-5-15(20)6-8-16;1-10(2)24-17-8-11-7-16(25(21,22)23)14(19)9-15(11)20(17)13-5-3-12(18)4-6-13/h2-12,30-31H,1H3;5-13H,1-4H3,(H,22,25);2-6,9-11,15H,7-8H2,1H3;5-13,21H,1-4H3;3-10H,1-2H3,(H,21,22,23). The molecular weight excluding hydrogens is 1830 g/mol. The van der Waals surface area contributed by atoms with Gasteiger partial charge in [0.05, 0.1) is 67.8 Å². The number of carbonyl (C=O) groups excluding carboxylic acids is 1. The lowest BCUT2D eigenvalue weighted by molar-refractivity contribution is -0.138. The van der Waals surface area contributed by atoms with Gasteiger partial charge in [0, 0.05) is 126 Å². The first kappa shape index (κ1) is 98.9. The van der Waals surface area contributed by atoms with Gasteiger partial charge in [-0.2, -0.15) is 34.8 Å². The molecule has 23 nitrogen and oxygen atoms in total. The maximum Gasteiger partial charge on any atom is 0.489 e. The minimum absolute atomic E-state index is 0.175. The zero-order chi connectivity index (χ0) is 98.2. The molecule has 6 aromatic heterocycles. The number of benzene rings is 10. The Morgan fingerprint density at radius 3 is 1.32 bits per heavy atom. The third-order valence-corrected chi connectivity index (χ3v) is 25.1. The number of fused-ring (bicyclic) bond motifs is 5. The lowest BCUT2D eigenvalue weighted by Crippen LogP contribution is -2.36. The summed E-state index contributed by atoms with van der Waals surface area (Å²) >= 11 is 0. The second kappa shape index (κ2) is 39.5. The van der Waals surface area contributed by atoms with Crippen LogP contribution >= 0.6 is 0 Å². The summed E-state index contributed by atoms with van der Waals surface area (Å²) < 4.78 is 259. The number of carbonyl (C=O) groups is 1. The molecule has 1 saturated carbocycles. The van der Waals surface area contributed by atoms with Gasteiger partial charge in [0.25, 0.3) is 16.0 Å². The minimum atomic E-state index is -4.81. The Morgan fingerprint density at radius 1 is 0.481 bits per heavy atom. The Morgan fingerprint density at radius 2 is 0.896 bits per heavy atom. The van der Waals surface area contributed by atoms with Gasteiger partial charge in [0.15, 0.2) is 5.88 Å². The van der Waals surface area contributed by atoms with E-state index in [1.165, 1.54) is 110 Å². The van der Waals surface area contributed by atoms with Crippen molar-refractivity contribution in [3.63, 3.8) is 0 Å². The van der Waals surface area contributed by atoms with E-state index in [0.717, 1.165) is 106 Å². The highest BCUT2D eigenvalue weighted by Gasteiger charge is 2.39. The van der Waals surface area contributed by atoms with Crippen molar-refractivity contribution in [3.8, 4) is 34.3 Å². The molecule has 17 rings (SSSR count). The number of nitrogens with one attached hydrogen (secondary N) is 2. The number of hydrogen-bond acceptors (Lipinski definition) is 15. The van der Waals surface area contributed by atoms with Crippen molar-refractivity contribution >= 4 is 132 Å². The molecule has 0 unspecified atom stereocenters. The summed E-state index contributed by atoms with van der Waals surface area (Å²) in [5.41, 5.74) is 4.57. The van der Waals surface area contributed by atoms with Gasteiger partial charge >= 0.3 is 19.5 Å². The molecule has 5 N–H and O–H groups in total. The molecule has 16 aromatic rings. The topological polar surface area (TPSA) is 264 Å². The van der Waals surface area contributed by atoms with Gasteiger partial charge in [-0.25, -0.2) is 52.6 Å². The molecule has 10 aromatic carbocycles. The third kappa shape index (κ3) is 22.4. The van der Waals surface area contributed by atoms with E-state index in [9.17, 15) is 92.8 Å². The Bertz CT molecular complexity index is 7410. The average molecular weight is 1920 g/mol. The Balaban J connectivity index is 0.000000143. The molecule has 706 valence electrons. The highest BCUT2D eigenvalue weighted by Crippen LogP contribution is 2.43. The van der Waals surface area contributed by atoms with Gasteiger partial charge in [0.1, 0.15) is 63.1 Å². The molecule has 1 fully saturated rings. The molecular formula is C96H91BF12N12O11S3. The molecule has 0 aliphatic heterocycles. The fraction of sp³-hybridized carbons (Fsp3) is 0.208. The summed E-state index contributed by atoms with van der Waals surface area (Å²) in [6, 6.07) is 60.1.